The van der Waals surface area contributed by atoms with Crippen molar-refractivity contribution in [2.45, 2.75) is 6.92 Å². The van der Waals surface area contributed by atoms with Gasteiger partial charge in [0.1, 0.15) is 12.4 Å². The Morgan fingerprint density at radius 1 is 1.53 bits per heavy atom. The van der Waals surface area contributed by atoms with Crippen molar-refractivity contribution in [1.82, 2.24) is 5.32 Å². The fraction of sp³-hybridized carbons (Fsp3) is 0.333. The van der Waals surface area contributed by atoms with Gasteiger partial charge in [-0.2, -0.15) is 0 Å². The van der Waals surface area contributed by atoms with Crippen molar-refractivity contribution in [3.05, 3.63) is 39.8 Å². The molecule has 0 aliphatic carbocycles. The highest BCUT2D eigenvalue weighted by Crippen LogP contribution is 2.31. The van der Waals surface area contributed by atoms with E-state index in [1.54, 1.807) is 0 Å². The SMILES string of the molecule is C=CCNCCOc1c(C)cc(Cl)cc1Br.Cl. The van der Waals surface area contributed by atoms with Gasteiger partial charge in [0.05, 0.1) is 4.47 Å². The lowest BCUT2D eigenvalue weighted by molar-refractivity contribution is 0.312. The van der Waals surface area contributed by atoms with Crippen LogP contribution in [0, 0.1) is 6.92 Å². The molecule has 1 aromatic rings. The van der Waals surface area contributed by atoms with Gasteiger partial charge in [-0.1, -0.05) is 17.7 Å². The summed E-state index contributed by atoms with van der Waals surface area (Å²) >= 11 is 9.35. The van der Waals surface area contributed by atoms with E-state index in [1.807, 2.05) is 25.1 Å². The largest absolute Gasteiger partial charge is 0.491 e. The first-order valence-corrected chi connectivity index (χ1v) is 6.22. The van der Waals surface area contributed by atoms with Crippen LogP contribution in [0.15, 0.2) is 29.3 Å². The summed E-state index contributed by atoms with van der Waals surface area (Å²) in [6.07, 6.45) is 1.82. The minimum atomic E-state index is 0. The van der Waals surface area contributed by atoms with Gasteiger partial charge in [0.15, 0.2) is 0 Å². The van der Waals surface area contributed by atoms with Crippen LogP contribution in [0.4, 0.5) is 0 Å². The number of nitrogens with one attached hydrogen (secondary N) is 1. The molecule has 0 radical (unpaired) electrons. The molecule has 17 heavy (non-hydrogen) atoms. The van der Waals surface area contributed by atoms with E-state index < -0.39 is 0 Å². The third-order valence-electron chi connectivity index (χ3n) is 2.01. The van der Waals surface area contributed by atoms with Gasteiger partial charge in [-0.3, -0.25) is 0 Å². The second-order valence-electron chi connectivity index (χ2n) is 3.37. The standard InChI is InChI=1S/C12H15BrClNO.ClH/c1-3-4-15-5-6-16-12-9(2)7-10(14)8-11(12)13;/h3,7-8,15H,1,4-6H2,2H3;1H. The lowest BCUT2D eigenvalue weighted by atomic mass is 10.2. The first-order valence-electron chi connectivity index (χ1n) is 5.05. The number of ether oxygens (including phenoxy) is 1. The monoisotopic (exact) mass is 339 g/mol. The molecule has 0 atom stereocenters. The molecule has 2 nitrogen and oxygen atoms in total. The van der Waals surface area contributed by atoms with Crippen LogP contribution in [0.1, 0.15) is 5.56 Å². The normalized spacial score (nSPS) is 9.59. The summed E-state index contributed by atoms with van der Waals surface area (Å²) in [6, 6.07) is 3.72. The maximum Gasteiger partial charge on any atom is 0.136 e. The van der Waals surface area contributed by atoms with Crippen molar-refractivity contribution in [3.63, 3.8) is 0 Å². The molecule has 0 amide bonds. The molecule has 0 aliphatic rings. The minimum absolute atomic E-state index is 0. The van der Waals surface area contributed by atoms with Crippen LogP contribution in [0.25, 0.3) is 0 Å². The van der Waals surface area contributed by atoms with Gasteiger partial charge in [0.25, 0.3) is 0 Å². The number of benzene rings is 1. The third-order valence-corrected chi connectivity index (χ3v) is 2.82. The molecule has 0 bridgehead atoms. The Morgan fingerprint density at radius 2 is 2.24 bits per heavy atom. The minimum Gasteiger partial charge on any atom is -0.491 e. The summed E-state index contributed by atoms with van der Waals surface area (Å²) in [6.45, 7) is 7.81. The first kappa shape index (κ1) is 16.8. The zero-order chi connectivity index (χ0) is 12.0. The zero-order valence-corrected chi connectivity index (χ0v) is 12.8. The average molecular weight is 341 g/mol. The van der Waals surface area contributed by atoms with E-state index in [0.717, 1.165) is 28.9 Å². The molecule has 1 rings (SSSR count). The van der Waals surface area contributed by atoms with E-state index in [-0.39, 0.29) is 12.4 Å². The molecule has 1 aromatic carbocycles. The molecular weight excluding hydrogens is 325 g/mol. The van der Waals surface area contributed by atoms with Crippen molar-refractivity contribution in [2.75, 3.05) is 19.7 Å². The quantitative estimate of drug-likeness (QED) is 0.624. The van der Waals surface area contributed by atoms with Crippen LogP contribution in [0.3, 0.4) is 0 Å². The highest BCUT2D eigenvalue weighted by atomic mass is 79.9. The predicted molar refractivity (Wildman–Crippen MR) is 79.7 cm³/mol. The molecule has 0 spiro atoms. The molecule has 0 fully saturated rings. The zero-order valence-electron chi connectivity index (χ0n) is 9.63. The van der Waals surface area contributed by atoms with Crippen LogP contribution in [-0.2, 0) is 0 Å². The summed E-state index contributed by atoms with van der Waals surface area (Å²) in [5, 5.41) is 3.88. The Morgan fingerprint density at radius 3 is 2.82 bits per heavy atom. The maximum atomic E-state index is 5.92. The van der Waals surface area contributed by atoms with Crippen molar-refractivity contribution in [2.24, 2.45) is 0 Å². The Hall–Kier alpha value is -0.220. The maximum absolute atomic E-state index is 5.92. The predicted octanol–water partition coefficient (Wildman–Crippen LogP) is 3.99. The van der Waals surface area contributed by atoms with Crippen molar-refractivity contribution < 1.29 is 4.74 Å². The van der Waals surface area contributed by atoms with Crippen LogP contribution in [0.2, 0.25) is 5.02 Å². The van der Waals surface area contributed by atoms with Crippen LogP contribution < -0.4 is 10.1 Å². The number of hydrogen-bond acceptors (Lipinski definition) is 2. The number of aryl methyl sites for hydroxylation is 1. The lowest BCUT2D eigenvalue weighted by Crippen LogP contribution is -2.21. The Balaban J connectivity index is 0.00000256. The van der Waals surface area contributed by atoms with Crippen LogP contribution in [0.5, 0.6) is 5.75 Å². The fourth-order valence-corrected chi connectivity index (χ4v) is 2.38. The van der Waals surface area contributed by atoms with Gasteiger partial charge in [0.2, 0.25) is 0 Å². The second-order valence-corrected chi connectivity index (χ2v) is 4.67. The van der Waals surface area contributed by atoms with Gasteiger partial charge in [0, 0.05) is 18.1 Å². The van der Waals surface area contributed by atoms with E-state index in [2.05, 4.69) is 27.8 Å². The summed E-state index contributed by atoms with van der Waals surface area (Å²) in [5.41, 5.74) is 1.03. The lowest BCUT2D eigenvalue weighted by Gasteiger charge is -2.11. The molecule has 0 unspecified atom stereocenters. The van der Waals surface area contributed by atoms with Gasteiger partial charge >= 0.3 is 0 Å². The number of rotatable bonds is 6. The molecule has 5 heteroatoms. The average Bonchev–Trinajstić information content (AvgIpc) is 2.20. The fourth-order valence-electron chi connectivity index (χ4n) is 1.30. The molecule has 0 aliphatic heterocycles. The van der Waals surface area contributed by atoms with E-state index >= 15 is 0 Å². The molecule has 0 saturated carbocycles. The van der Waals surface area contributed by atoms with E-state index in [4.69, 9.17) is 16.3 Å². The second kappa shape index (κ2) is 8.81. The van der Waals surface area contributed by atoms with Gasteiger partial charge in [-0.15, -0.1) is 19.0 Å². The molecule has 0 heterocycles. The van der Waals surface area contributed by atoms with Crippen LogP contribution in [-0.4, -0.2) is 19.7 Å². The van der Waals surface area contributed by atoms with Crippen molar-refractivity contribution in [1.29, 1.82) is 0 Å². The molecule has 0 saturated heterocycles. The summed E-state index contributed by atoms with van der Waals surface area (Å²) in [4.78, 5) is 0. The number of halogens is 3. The first-order chi connectivity index (χ1) is 7.65. The molecule has 1 N–H and O–H groups in total. The summed E-state index contributed by atoms with van der Waals surface area (Å²) in [7, 11) is 0. The molecular formula is C12H16BrCl2NO. The van der Waals surface area contributed by atoms with E-state index in [1.165, 1.54) is 0 Å². The van der Waals surface area contributed by atoms with Crippen molar-refractivity contribution in [3.8, 4) is 5.75 Å². The highest BCUT2D eigenvalue weighted by molar-refractivity contribution is 9.10. The third kappa shape index (κ3) is 5.77. The summed E-state index contributed by atoms with van der Waals surface area (Å²) < 4.78 is 6.56. The van der Waals surface area contributed by atoms with Gasteiger partial charge < -0.3 is 10.1 Å². The highest BCUT2D eigenvalue weighted by Gasteiger charge is 2.06. The van der Waals surface area contributed by atoms with Crippen molar-refractivity contribution >= 4 is 39.9 Å². The Kier molecular flexibility index (Phi) is 8.70. The van der Waals surface area contributed by atoms with E-state index in [9.17, 15) is 0 Å². The van der Waals surface area contributed by atoms with E-state index in [0.29, 0.717) is 11.6 Å². The smallest absolute Gasteiger partial charge is 0.136 e. The van der Waals surface area contributed by atoms with Gasteiger partial charge in [-0.25, -0.2) is 0 Å². The molecule has 96 valence electrons. The topological polar surface area (TPSA) is 21.3 Å². The Bertz CT molecular complexity index is 349. The molecule has 0 aromatic heterocycles. The van der Waals surface area contributed by atoms with Gasteiger partial charge in [-0.05, 0) is 40.5 Å². The number of hydrogen-bond donors (Lipinski definition) is 1. The van der Waals surface area contributed by atoms with Crippen LogP contribution >= 0.6 is 39.9 Å². The summed E-state index contributed by atoms with van der Waals surface area (Å²) in [5.74, 6) is 0.852. The Labute approximate surface area is 122 Å².